The van der Waals surface area contributed by atoms with Gasteiger partial charge in [0.15, 0.2) is 5.83 Å². The molecule has 2 N–H and O–H groups in total. The van der Waals surface area contributed by atoms with Gasteiger partial charge in [-0.05, 0) is 50.3 Å². The Labute approximate surface area is 183 Å². The summed E-state index contributed by atoms with van der Waals surface area (Å²) in [5.41, 5.74) is 4.45. The number of fused-ring (bicyclic) bond motifs is 3. The molecule has 1 aromatic heterocycles. The van der Waals surface area contributed by atoms with Gasteiger partial charge in [-0.2, -0.15) is 5.26 Å². The van der Waals surface area contributed by atoms with Crippen LogP contribution in [0.4, 0.5) is 4.39 Å². The molecular weight excluding hydrogens is 389 g/mol. The van der Waals surface area contributed by atoms with E-state index < -0.39 is 0 Å². The van der Waals surface area contributed by atoms with E-state index in [2.05, 4.69) is 33.2 Å². The van der Waals surface area contributed by atoms with E-state index in [0.29, 0.717) is 41.1 Å². The predicted molar refractivity (Wildman–Crippen MR) is 120 cm³/mol. The lowest BCUT2D eigenvalue weighted by molar-refractivity contribution is 0.301. The van der Waals surface area contributed by atoms with E-state index in [9.17, 15) is 5.26 Å². The molecule has 1 saturated carbocycles. The Hall–Kier alpha value is -3.33. The van der Waals surface area contributed by atoms with Crippen LogP contribution in [0.1, 0.15) is 38.3 Å². The minimum Gasteiger partial charge on any atom is -0.386 e. The molecule has 160 valence electrons. The zero-order chi connectivity index (χ0) is 22.0. The number of halogens is 1. The highest BCUT2D eigenvalue weighted by Crippen LogP contribution is 2.54. The highest BCUT2D eigenvalue weighted by molar-refractivity contribution is 5.66. The molecule has 1 fully saturated rings. The summed E-state index contributed by atoms with van der Waals surface area (Å²) in [6, 6.07) is 8.14. The SMILES string of the molecule is C=C1C(C#N)=CN2C(=C\C)/C1=C(NC)\C(F)=C(\NCCCc1ccccn1)CC21CC1. The Morgan fingerprint density at radius 2 is 2.19 bits per heavy atom. The van der Waals surface area contributed by atoms with Crippen LogP contribution in [-0.2, 0) is 6.42 Å². The first-order valence-electron chi connectivity index (χ1n) is 10.8. The first-order chi connectivity index (χ1) is 15.0. The number of aromatic nitrogens is 1. The zero-order valence-corrected chi connectivity index (χ0v) is 18.1. The first kappa shape index (κ1) is 20.9. The van der Waals surface area contributed by atoms with Crippen LogP contribution >= 0.6 is 0 Å². The van der Waals surface area contributed by atoms with Crippen molar-refractivity contribution in [2.75, 3.05) is 13.6 Å². The van der Waals surface area contributed by atoms with Crippen molar-refractivity contribution in [2.24, 2.45) is 0 Å². The van der Waals surface area contributed by atoms with Crippen molar-refractivity contribution in [3.63, 3.8) is 0 Å². The quantitative estimate of drug-likeness (QED) is 0.673. The molecule has 0 atom stereocenters. The lowest BCUT2D eigenvalue weighted by atomic mass is 9.87. The van der Waals surface area contributed by atoms with Crippen LogP contribution in [0.25, 0.3) is 0 Å². The van der Waals surface area contributed by atoms with Gasteiger partial charge in [-0.1, -0.05) is 18.7 Å². The number of aryl methyl sites for hydroxylation is 1. The number of hydrogen-bond acceptors (Lipinski definition) is 5. The number of nitrogens with one attached hydrogen (secondary N) is 2. The van der Waals surface area contributed by atoms with Crippen molar-refractivity contribution in [3.8, 4) is 6.07 Å². The smallest absolute Gasteiger partial charge is 0.165 e. The van der Waals surface area contributed by atoms with E-state index in [1.165, 1.54) is 0 Å². The normalized spacial score (nSPS) is 25.6. The molecule has 0 amide bonds. The van der Waals surface area contributed by atoms with E-state index in [4.69, 9.17) is 0 Å². The van der Waals surface area contributed by atoms with Crippen LogP contribution < -0.4 is 10.6 Å². The van der Waals surface area contributed by atoms with E-state index in [0.717, 1.165) is 37.1 Å². The molecule has 0 saturated heterocycles. The van der Waals surface area contributed by atoms with Gasteiger partial charge in [0.2, 0.25) is 0 Å². The molecule has 3 heterocycles. The largest absolute Gasteiger partial charge is 0.386 e. The van der Waals surface area contributed by atoms with Crippen molar-refractivity contribution in [3.05, 3.63) is 88.6 Å². The van der Waals surface area contributed by atoms with Crippen LogP contribution in [0.15, 0.2) is 82.9 Å². The molecule has 0 unspecified atom stereocenters. The van der Waals surface area contributed by atoms with Crippen molar-refractivity contribution in [2.45, 2.75) is 44.6 Å². The van der Waals surface area contributed by atoms with Gasteiger partial charge >= 0.3 is 0 Å². The number of nitriles is 1. The summed E-state index contributed by atoms with van der Waals surface area (Å²) in [7, 11) is 1.71. The molecule has 0 aromatic carbocycles. The number of pyridine rings is 1. The van der Waals surface area contributed by atoms with Gasteiger partial charge in [0.05, 0.1) is 22.5 Å². The molecular formula is C25H28FN5. The number of allylic oxidation sites excluding steroid dienone is 4. The van der Waals surface area contributed by atoms with E-state index in [-0.39, 0.29) is 11.4 Å². The van der Waals surface area contributed by atoms with Crippen LogP contribution in [0.3, 0.4) is 0 Å². The minimum atomic E-state index is -0.291. The molecule has 1 spiro atoms. The number of nitrogens with zero attached hydrogens (tertiary/aromatic N) is 3. The third-order valence-electron chi connectivity index (χ3n) is 6.30. The Morgan fingerprint density at radius 1 is 1.39 bits per heavy atom. The summed E-state index contributed by atoms with van der Waals surface area (Å²) in [6.07, 6.45) is 9.87. The lowest BCUT2D eigenvalue weighted by Gasteiger charge is -2.41. The molecule has 31 heavy (non-hydrogen) atoms. The molecule has 1 aliphatic carbocycles. The van der Waals surface area contributed by atoms with E-state index in [1.807, 2.05) is 37.4 Å². The molecule has 6 heteroatoms. The second-order valence-electron chi connectivity index (χ2n) is 8.22. The van der Waals surface area contributed by atoms with E-state index in [1.54, 1.807) is 13.2 Å². The number of likely N-dealkylation sites (N-methyl/N-ethyl adjacent to an activating group) is 1. The highest BCUT2D eigenvalue weighted by atomic mass is 19.1. The fourth-order valence-electron chi connectivity index (χ4n) is 4.48. The summed E-state index contributed by atoms with van der Waals surface area (Å²) in [5, 5.41) is 16.1. The van der Waals surface area contributed by atoms with Gasteiger partial charge in [0.25, 0.3) is 0 Å². The van der Waals surface area contributed by atoms with Crippen molar-refractivity contribution >= 4 is 0 Å². The standard InChI is InChI=1S/C25H28FN5/c1-4-21-22-17(2)18(15-27)16-31(21)25(10-11-25)14-20(23(26)24(22)28-3)30-13-7-9-19-8-5-6-12-29-19/h4-6,8,12,16,28,30H,2,7,9-11,13-14H2,1,3H3/b21-4-,23-20-,24-22+. The molecule has 3 aliphatic rings. The first-order valence-corrected chi connectivity index (χ1v) is 10.8. The Balaban J connectivity index is 1.67. The summed E-state index contributed by atoms with van der Waals surface area (Å²) >= 11 is 0. The number of rotatable bonds is 6. The third kappa shape index (κ3) is 3.76. The minimum absolute atomic E-state index is 0.199. The average molecular weight is 418 g/mol. The maximum absolute atomic E-state index is 15.9. The van der Waals surface area contributed by atoms with Crippen molar-refractivity contribution in [1.82, 2.24) is 20.5 Å². The lowest BCUT2D eigenvalue weighted by Crippen LogP contribution is -2.40. The van der Waals surface area contributed by atoms with Gasteiger partial charge in [-0.25, -0.2) is 4.39 Å². The van der Waals surface area contributed by atoms with Gasteiger partial charge in [-0.15, -0.1) is 0 Å². The summed E-state index contributed by atoms with van der Waals surface area (Å²) in [4.78, 5) is 6.53. The highest BCUT2D eigenvalue weighted by Gasteiger charge is 2.52. The average Bonchev–Trinajstić information content (AvgIpc) is 3.57. The van der Waals surface area contributed by atoms with Crippen LogP contribution in [0.5, 0.6) is 0 Å². The van der Waals surface area contributed by atoms with Crippen LogP contribution in [0.2, 0.25) is 0 Å². The fourth-order valence-corrected chi connectivity index (χ4v) is 4.48. The molecule has 2 aliphatic heterocycles. The van der Waals surface area contributed by atoms with E-state index >= 15 is 4.39 Å². The maximum atomic E-state index is 15.9. The van der Waals surface area contributed by atoms with Gasteiger partial charge in [0, 0.05) is 49.4 Å². The maximum Gasteiger partial charge on any atom is 0.165 e. The fraction of sp³-hybridized carbons (Fsp3) is 0.360. The summed E-state index contributed by atoms with van der Waals surface area (Å²) in [5.74, 6) is -0.291. The topological polar surface area (TPSA) is 64.0 Å². The molecule has 5 nitrogen and oxygen atoms in total. The Kier molecular flexibility index (Phi) is 5.69. The second-order valence-corrected chi connectivity index (χ2v) is 8.22. The predicted octanol–water partition coefficient (Wildman–Crippen LogP) is 4.38. The number of hydrogen-bond donors (Lipinski definition) is 2. The molecule has 4 rings (SSSR count). The van der Waals surface area contributed by atoms with Gasteiger partial charge in [0.1, 0.15) is 6.07 Å². The van der Waals surface area contributed by atoms with Crippen LogP contribution in [-0.4, -0.2) is 29.0 Å². The Bertz CT molecular complexity index is 1050. The van der Waals surface area contributed by atoms with Crippen molar-refractivity contribution < 1.29 is 4.39 Å². The van der Waals surface area contributed by atoms with Gasteiger partial charge < -0.3 is 15.5 Å². The summed E-state index contributed by atoms with van der Waals surface area (Å²) < 4.78 is 15.9. The van der Waals surface area contributed by atoms with Gasteiger partial charge in [-0.3, -0.25) is 4.98 Å². The second kappa shape index (κ2) is 8.43. The molecule has 0 radical (unpaired) electrons. The monoisotopic (exact) mass is 417 g/mol. The third-order valence-corrected chi connectivity index (χ3v) is 6.30. The zero-order valence-electron chi connectivity index (χ0n) is 18.1. The molecule has 1 aromatic rings. The summed E-state index contributed by atoms with van der Waals surface area (Å²) in [6.45, 7) is 6.73. The van der Waals surface area contributed by atoms with Crippen molar-refractivity contribution in [1.29, 1.82) is 5.26 Å². The molecule has 2 bridgehead atoms. The Morgan fingerprint density at radius 3 is 2.81 bits per heavy atom. The van der Waals surface area contributed by atoms with Crippen LogP contribution in [0, 0.1) is 11.3 Å².